The molecule has 3 N–H and O–H groups in total. The number of carboxylic acid groups (broad SMARTS) is 1. The third kappa shape index (κ3) is 2.41. The highest BCUT2D eigenvalue weighted by atomic mass is 16.4. The summed E-state index contributed by atoms with van der Waals surface area (Å²) in [6.45, 7) is 3.27. The molecule has 0 aromatic rings. The summed E-state index contributed by atoms with van der Waals surface area (Å²) in [4.78, 5) is 14.0. The fourth-order valence-electron chi connectivity index (χ4n) is 0.611. The molecule has 0 aliphatic rings. The van der Waals surface area contributed by atoms with Crippen LogP contribution in [0.4, 0.5) is 0 Å². The van der Waals surface area contributed by atoms with Crippen LogP contribution in [0.3, 0.4) is 0 Å². The van der Waals surface area contributed by atoms with E-state index in [1.165, 1.54) is 7.05 Å². The first kappa shape index (κ1) is 9.68. The van der Waals surface area contributed by atoms with E-state index in [4.69, 9.17) is 10.8 Å². The first-order chi connectivity index (χ1) is 5.00. The Balaban J connectivity index is 4.85. The molecule has 0 spiro atoms. The van der Waals surface area contributed by atoms with Crippen molar-refractivity contribution in [1.29, 1.82) is 0 Å². The average molecular weight is 156 g/mol. The molecule has 0 aliphatic carbocycles. The van der Waals surface area contributed by atoms with Gasteiger partial charge in [-0.2, -0.15) is 0 Å². The number of carboxylic acids is 1. The Morgan fingerprint density at radius 2 is 1.91 bits per heavy atom. The first-order valence-corrected chi connectivity index (χ1v) is 3.14. The van der Waals surface area contributed by atoms with Crippen molar-refractivity contribution in [3.05, 3.63) is 11.3 Å². The van der Waals surface area contributed by atoms with Crippen LogP contribution in [-0.4, -0.2) is 23.8 Å². The minimum Gasteiger partial charge on any atom is -0.477 e. The van der Waals surface area contributed by atoms with Crippen molar-refractivity contribution >= 4 is 11.7 Å². The maximum absolute atomic E-state index is 10.5. The zero-order chi connectivity index (χ0) is 9.02. The van der Waals surface area contributed by atoms with Crippen molar-refractivity contribution in [2.75, 3.05) is 7.05 Å². The Labute approximate surface area is 65.4 Å². The standard InChI is InChI=1S/C7H12N2O2/c1-4(5(2)8)6(9-3)7(10)11/h8H2,1-3H3,(H,10,11). The first-order valence-electron chi connectivity index (χ1n) is 3.14. The monoisotopic (exact) mass is 156 g/mol. The molecule has 0 unspecified atom stereocenters. The highest BCUT2D eigenvalue weighted by molar-refractivity contribution is 6.42. The molecule has 4 nitrogen and oxygen atoms in total. The Kier molecular flexibility index (Phi) is 3.30. The number of carbonyl (C=O) groups is 1. The number of nitrogens with zero attached hydrogens (tertiary/aromatic N) is 1. The number of hydrogen-bond acceptors (Lipinski definition) is 3. The van der Waals surface area contributed by atoms with Crippen molar-refractivity contribution in [2.24, 2.45) is 10.7 Å². The van der Waals surface area contributed by atoms with Gasteiger partial charge in [0.2, 0.25) is 0 Å². The van der Waals surface area contributed by atoms with Gasteiger partial charge in [-0.25, -0.2) is 4.79 Å². The summed E-state index contributed by atoms with van der Waals surface area (Å²) in [5.41, 5.74) is 6.40. The van der Waals surface area contributed by atoms with Crippen LogP contribution in [-0.2, 0) is 4.79 Å². The average Bonchev–Trinajstić information content (AvgIpc) is 1.88. The Hall–Kier alpha value is -1.32. The van der Waals surface area contributed by atoms with Crippen molar-refractivity contribution < 1.29 is 9.90 Å². The fourth-order valence-corrected chi connectivity index (χ4v) is 0.611. The molecule has 0 aromatic heterocycles. The fraction of sp³-hybridized carbons (Fsp3) is 0.429. The quantitative estimate of drug-likeness (QED) is 0.568. The van der Waals surface area contributed by atoms with Gasteiger partial charge in [0.25, 0.3) is 0 Å². The molecule has 62 valence electrons. The van der Waals surface area contributed by atoms with Crippen molar-refractivity contribution in [3.63, 3.8) is 0 Å². The Morgan fingerprint density at radius 1 is 1.45 bits per heavy atom. The maximum Gasteiger partial charge on any atom is 0.354 e. The second kappa shape index (κ2) is 3.75. The lowest BCUT2D eigenvalue weighted by Crippen LogP contribution is -2.17. The Bertz CT molecular complexity index is 225. The van der Waals surface area contributed by atoms with Crippen LogP contribution in [0.25, 0.3) is 0 Å². The molecule has 0 rings (SSSR count). The molecule has 0 saturated carbocycles. The predicted octanol–water partition coefficient (Wildman–Crippen LogP) is 0.394. The maximum atomic E-state index is 10.5. The molecular weight excluding hydrogens is 144 g/mol. The van der Waals surface area contributed by atoms with E-state index in [0.29, 0.717) is 11.3 Å². The van der Waals surface area contributed by atoms with E-state index in [9.17, 15) is 4.79 Å². The molecule has 0 aliphatic heterocycles. The van der Waals surface area contributed by atoms with Crippen molar-refractivity contribution in [1.82, 2.24) is 0 Å². The zero-order valence-electron chi connectivity index (χ0n) is 6.88. The number of allylic oxidation sites excluding steroid dienone is 1. The highest BCUT2D eigenvalue weighted by Crippen LogP contribution is 2.00. The molecule has 0 heterocycles. The minimum absolute atomic E-state index is 0.0185. The van der Waals surface area contributed by atoms with E-state index in [2.05, 4.69) is 4.99 Å². The molecule has 0 saturated heterocycles. The van der Waals surface area contributed by atoms with Gasteiger partial charge < -0.3 is 10.8 Å². The molecule has 11 heavy (non-hydrogen) atoms. The van der Waals surface area contributed by atoms with E-state index in [0.717, 1.165) is 0 Å². The molecule has 0 aromatic carbocycles. The number of hydrogen-bond donors (Lipinski definition) is 2. The molecule has 0 atom stereocenters. The van der Waals surface area contributed by atoms with Crippen LogP contribution in [0, 0.1) is 0 Å². The highest BCUT2D eigenvalue weighted by Gasteiger charge is 2.11. The van der Waals surface area contributed by atoms with Crippen LogP contribution >= 0.6 is 0 Å². The second-order valence-electron chi connectivity index (χ2n) is 2.19. The van der Waals surface area contributed by atoms with Gasteiger partial charge in [0.05, 0.1) is 0 Å². The SMILES string of the molecule is CN=C(C(=O)O)C(C)=C(C)N. The van der Waals surface area contributed by atoms with Gasteiger partial charge in [0.1, 0.15) is 5.71 Å². The Morgan fingerprint density at radius 3 is 2.00 bits per heavy atom. The number of aliphatic carboxylic acids is 1. The smallest absolute Gasteiger partial charge is 0.354 e. The molecule has 0 fully saturated rings. The van der Waals surface area contributed by atoms with Crippen LogP contribution in [0.1, 0.15) is 13.8 Å². The molecule has 0 amide bonds. The lowest BCUT2D eigenvalue weighted by atomic mass is 10.1. The lowest BCUT2D eigenvalue weighted by molar-refractivity contribution is -0.129. The molecular formula is C7H12N2O2. The number of aliphatic imine (C=N–C) groups is 1. The van der Waals surface area contributed by atoms with E-state index in [-0.39, 0.29) is 5.71 Å². The summed E-state index contributed by atoms with van der Waals surface area (Å²) in [6.07, 6.45) is 0. The lowest BCUT2D eigenvalue weighted by Gasteiger charge is -2.01. The normalized spacial score (nSPS) is 14.3. The minimum atomic E-state index is -1.05. The van der Waals surface area contributed by atoms with E-state index in [1.54, 1.807) is 13.8 Å². The predicted molar refractivity (Wildman–Crippen MR) is 43.6 cm³/mol. The summed E-state index contributed by atoms with van der Waals surface area (Å²) >= 11 is 0. The van der Waals surface area contributed by atoms with Crippen molar-refractivity contribution in [2.45, 2.75) is 13.8 Å². The summed E-state index contributed by atoms with van der Waals surface area (Å²) in [5.74, 6) is -1.05. The van der Waals surface area contributed by atoms with Gasteiger partial charge in [-0.1, -0.05) is 0 Å². The van der Waals surface area contributed by atoms with Crippen LogP contribution in [0.15, 0.2) is 16.3 Å². The third-order valence-electron chi connectivity index (χ3n) is 1.37. The van der Waals surface area contributed by atoms with Crippen LogP contribution in [0.2, 0.25) is 0 Å². The topological polar surface area (TPSA) is 75.7 Å². The van der Waals surface area contributed by atoms with Gasteiger partial charge in [-0.3, -0.25) is 4.99 Å². The third-order valence-corrected chi connectivity index (χ3v) is 1.37. The van der Waals surface area contributed by atoms with Gasteiger partial charge in [-0.15, -0.1) is 0 Å². The number of rotatable bonds is 2. The molecule has 0 radical (unpaired) electrons. The van der Waals surface area contributed by atoms with Gasteiger partial charge >= 0.3 is 5.97 Å². The van der Waals surface area contributed by atoms with Crippen LogP contribution in [0.5, 0.6) is 0 Å². The largest absolute Gasteiger partial charge is 0.477 e. The second-order valence-corrected chi connectivity index (χ2v) is 2.19. The van der Waals surface area contributed by atoms with Gasteiger partial charge in [0, 0.05) is 18.3 Å². The number of nitrogens with two attached hydrogens (primary N) is 1. The summed E-state index contributed by atoms with van der Waals surface area (Å²) in [5, 5.41) is 8.57. The molecule has 0 bridgehead atoms. The van der Waals surface area contributed by atoms with Gasteiger partial charge in [0.15, 0.2) is 0 Å². The van der Waals surface area contributed by atoms with E-state index in [1.807, 2.05) is 0 Å². The van der Waals surface area contributed by atoms with Gasteiger partial charge in [-0.05, 0) is 13.8 Å². The van der Waals surface area contributed by atoms with Crippen LogP contribution < -0.4 is 5.73 Å². The van der Waals surface area contributed by atoms with E-state index >= 15 is 0 Å². The molecule has 4 heteroatoms. The summed E-state index contributed by atoms with van der Waals surface area (Å²) in [7, 11) is 1.43. The summed E-state index contributed by atoms with van der Waals surface area (Å²) < 4.78 is 0. The van der Waals surface area contributed by atoms with Crippen molar-refractivity contribution in [3.8, 4) is 0 Å². The summed E-state index contributed by atoms with van der Waals surface area (Å²) in [6, 6.07) is 0. The van der Waals surface area contributed by atoms with E-state index < -0.39 is 5.97 Å². The zero-order valence-corrected chi connectivity index (χ0v) is 6.88.